The van der Waals surface area contributed by atoms with Gasteiger partial charge in [-0.3, -0.25) is 5.43 Å². The molecule has 0 fully saturated rings. The molecule has 0 bridgehead atoms. The van der Waals surface area contributed by atoms with Gasteiger partial charge in [0.05, 0.1) is 11.9 Å². The van der Waals surface area contributed by atoms with Crippen LogP contribution in [0.4, 0.5) is 5.13 Å². The highest BCUT2D eigenvalue weighted by atomic mass is 32.1. The van der Waals surface area contributed by atoms with Gasteiger partial charge in [0.25, 0.3) is 0 Å². The van der Waals surface area contributed by atoms with Crippen LogP contribution in [0.25, 0.3) is 10.9 Å². The average molecular weight is 284 g/mol. The fourth-order valence-corrected chi connectivity index (χ4v) is 2.91. The van der Waals surface area contributed by atoms with E-state index in [1.807, 2.05) is 18.5 Å². The van der Waals surface area contributed by atoms with Crippen molar-refractivity contribution in [1.82, 2.24) is 9.55 Å². The van der Waals surface area contributed by atoms with Gasteiger partial charge in [-0.2, -0.15) is 5.10 Å². The van der Waals surface area contributed by atoms with E-state index in [1.54, 1.807) is 11.3 Å². The van der Waals surface area contributed by atoms with Crippen molar-refractivity contribution >= 4 is 33.6 Å². The molecule has 0 amide bonds. The van der Waals surface area contributed by atoms with E-state index in [4.69, 9.17) is 0 Å². The molecule has 0 aliphatic rings. The maximum absolute atomic E-state index is 4.32. The van der Waals surface area contributed by atoms with Gasteiger partial charge in [-0.1, -0.05) is 18.2 Å². The summed E-state index contributed by atoms with van der Waals surface area (Å²) in [6.07, 6.45) is 1.87. The summed E-state index contributed by atoms with van der Waals surface area (Å²) in [5.41, 5.74) is 7.55. The van der Waals surface area contributed by atoms with Crippen molar-refractivity contribution in [2.75, 3.05) is 5.43 Å². The molecule has 0 atom stereocenters. The lowest BCUT2D eigenvalue weighted by atomic mass is 10.1. The van der Waals surface area contributed by atoms with Gasteiger partial charge in [-0.15, -0.1) is 11.3 Å². The highest BCUT2D eigenvalue weighted by Crippen LogP contribution is 2.23. The maximum Gasteiger partial charge on any atom is 0.203 e. The van der Waals surface area contributed by atoms with Crippen molar-refractivity contribution in [3.05, 3.63) is 46.6 Å². The minimum atomic E-state index is 0.816. The van der Waals surface area contributed by atoms with E-state index >= 15 is 0 Å². The monoisotopic (exact) mass is 284 g/mol. The lowest BCUT2D eigenvalue weighted by Gasteiger charge is -1.97. The molecule has 4 nitrogen and oxygen atoms in total. The first-order chi connectivity index (χ1) is 9.66. The molecule has 0 aliphatic heterocycles. The first-order valence-electron chi connectivity index (χ1n) is 6.42. The summed E-state index contributed by atoms with van der Waals surface area (Å²) in [4.78, 5) is 4.32. The molecule has 0 saturated carbocycles. The topological polar surface area (TPSA) is 42.2 Å². The van der Waals surface area contributed by atoms with E-state index in [0.717, 1.165) is 16.4 Å². The van der Waals surface area contributed by atoms with Gasteiger partial charge in [0.2, 0.25) is 5.13 Å². The van der Waals surface area contributed by atoms with Crippen LogP contribution in [-0.4, -0.2) is 15.8 Å². The third-order valence-electron chi connectivity index (χ3n) is 3.42. The Balaban J connectivity index is 1.92. The lowest BCUT2D eigenvalue weighted by molar-refractivity contribution is 0.916. The first kappa shape index (κ1) is 12.9. The van der Waals surface area contributed by atoms with Gasteiger partial charge in [0.15, 0.2) is 0 Å². The van der Waals surface area contributed by atoms with Crippen molar-refractivity contribution in [3.8, 4) is 0 Å². The Morgan fingerprint density at radius 1 is 1.30 bits per heavy atom. The third-order valence-corrected chi connectivity index (χ3v) is 4.29. The number of para-hydroxylation sites is 1. The summed E-state index contributed by atoms with van der Waals surface area (Å²) < 4.78 is 2.18. The van der Waals surface area contributed by atoms with Crippen LogP contribution in [0.15, 0.2) is 34.7 Å². The van der Waals surface area contributed by atoms with E-state index in [1.165, 1.54) is 16.6 Å². The van der Waals surface area contributed by atoms with Crippen molar-refractivity contribution in [1.29, 1.82) is 0 Å². The quantitative estimate of drug-likeness (QED) is 0.588. The number of aromatic nitrogens is 2. The van der Waals surface area contributed by atoms with E-state index in [2.05, 4.69) is 58.3 Å². The molecule has 0 spiro atoms. The van der Waals surface area contributed by atoms with Crippen LogP contribution in [0.1, 0.15) is 17.0 Å². The van der Waals surface area contributed by atoms with Crippen molar-refractivity contribution < 1.29 is 0 Å². The van der Waals surface area contributed by atoms with Crippen molar-refractivity contribution in [2.24, 2.45) is 12.1 Å². The third kappa shape index (κ3) is 2.20. The second-order valence-corrected chi connectivity index (χ2v) is 5.60. The smallest absolute Gasteiger partial charge is 0.203 e. The molecule has 3 rings (SSSR count). The van der Waals surface area contributed by atoms with Gasteiger partial charge in [0, 0.05) is 34.6 Å². The van der Waals surface area contributed by atoms with E-state index in [0.29, 0.717) is 0 Å². The molecule has 0 aliphatic carbocycles. The van der Waals surface area contributed by atoms with Gasteiger partial charge in [-0.05, 0) is 19.9 Å². The highest BCUT2D eigenvalue weighted by molar-refractivity contribution is 7.13. The zero-order valence-corrected chi connectivity index (χ0v) is 12.5. The Morgan fingerprint density at radius 3 is 2.85 bits per heavy atom. The molecule has 5 heteroatoms. The van der Waals surface area contributed by atoms with Crippen molar-refractivity contribution in [3.63, 3.8) is 0 Å². The van der Waals surface area contributed by atoms with Gasteiger partial charge < -0.3 is 4.57 Å². The Bertz CT molecular complexity index is 782. The molecular formula is C15H16N4S. The number of benzene rings is 1. The number of nitrogens with one attached hydrogen (secondary N) is 1. The molecule has 2 aromatic heterocycles. The van der Waals surface area contributed by atoms with Crippen LogP contribution in [0.5, 0.6) is 0 Å². The second-order valence-electron chi connectivity index (χ2n) is 4.74. The summed E-state index contributed by atoms with van der Waals surface area (Å²) >= 11 is 1.56. The minimum Gasteiger partial charge on any atom is -0.347 e. The number of rotatable bonds is 3. The zero-order valence-electron chi connectivity index (χ0n) is 11.7. The standard InChI is InChI=1S/C15H16N4S/c1-10-9-20-15(17-10)18-16-8-13-11(2)19(3)14-7-5-4-6-12(13)14/h4-9H,1-3H3,(H,17,18)/b16-8-. The van der Waals surface area contributed by atoms with Crippen LogP contribution in [0, 0.1) is 13.8 Å². The van der Waals surface area contributed by atoms with Gasteiger partial charge in [0.1, 0.15) is 0 Å². The second kappa shape index (κ2) is 5.09. The largest absolute Gasteiger partial charge is 0.347 e. The molecule has 0 saturated heterocycles. The Labute approximate surface area is 121 Å². The molecule has 102 valence electrons. The Hall–Kier alpha value is -2.14. The number of hydrogen-bond acceptors (Lipinski definition) is 4. The van der Waals surface area contributed by atoms with Crippen LogP contribution < -0.4 is 5.43 Å². The average Bonchev–Trinajstić information content (AvgIpc) is 2.97. The number of nitrogens with zero attached hydrogens (tertiary/aromatic N) is 3. The molecule has 2 heterocycles. The first-order valence-corrected chi connectivity index (χ1v) is 7.30. The normalized spacial score (nSPS) is 11.6. The number of aryl methyl sites for hydroxylation is 2. The lowest BCUT2D eigenvalue weighted by Crippen LogP contribution is -1.94. The molecule has 0 unspecified atom stereocenters. The zero-order chi connectivity index (χ0) is 14.1. The summed E-state index contributed by atoms with van der Waals surface area (Å²) in [5.74, 6) is 0. The van der Waals surface area contributed by atoms with E-state index < -0.39 is 0 Å². The Kier molecular flexibility index (Phi) is 3.28. The summed E-state index contributed by atoms with van der Waals surface area (Å²) in [6.45, 7) is 4.08. The molecule has 1 aromatic carbocycles. The highest BCUT2D eigenvalue weighted by Gasteiger charge is 2.09. The maximum atomic E-state index is 4.32. The summed E-state index contributed by atoms with van der Waals surface area (Å²) in [7, 11) is 2.08. The van der Waals surface area contributed by atoms with E-state index in [9.17, 15) is 0 Å². The van der Waals surface area contributed by atoms with Crippen LogP contribution in [0.2, 0.25) is 0 Å². The predicted octanol–water partition coefficient (Wildman–Crippen LogP) is 3.70. The minimum absolute atomic E-state index is 0.816. The fraction of sp³-hybridized carbons (Fsp3) is 0.200. The van der Waals surface area contributed by atoms with Crippen LogP contribution in [0.3, 0.4) is 0 Å². The molecule has 1 N–H and O–H groups in total. The number of hydrogen-bond donors (Lipinski definition) is 1. The number of anilines is 1. The number of fused-ring (bicyclic) bond motifs is 1. The van der Waals surface area contributed by atoms with E-state index in [-0.39, 0.29) is 0 Å². The van der Waals surface area contributed by atoms with Crippen LogP contribution >= 0.6 is 11.3 Å². The fourth-order valence-electron chi connectivity index (χ4n) is 2.27. The van der Waals surface area contributed by atoms with Crippen molar-refractivity contribution in [2.45, 2.75) is 13.8 Å². The van der Waals surface area contributed by atoms with Gasteiger partial charge in [-0.25, -0.2) is 4.98 Å². The predicted molar refractivity (Wildman–Crippen MR) is 85.7 cm³/mol. The molecule has 0 radical (unpaired) electrons. The van der Waals surface area contributed by atoms with Crippen LogP contribution in [-0.2, 0) is 7.05 Å². The Morgan fingerprint density at radius 2 is 2.10 bits per heavy atom. The molecular weight excluding hydrogens is 268 g/mol. The molecule has 20 heavy (non-hydrogen) atoms. The number of thiazole rings is 1. The number of hydrazone groups is 1. The van der Waals surface area contributed by atoms with Gasteiger partial charge >= 0.3 is 0 Å². The molecule has 3 aromatic rings. The SMILES string of the molecule is Cc1csc(N/N=C\c2c(C)n(C)c3ccccc23)n1. The summed E-state index contributed by atoms with van der Waals surface area (Å²) in [5, 5.41) is 8.34. The summed E-state index contributed by atoms with van der Waals surface area (Å²) in [6, 6.07) is 8.35.